The number of hydrogen-bond donors (Lipinski definition) is 0. The third kappa shape index (κ3) is 2.90. The minimum Gasteiger partial charge on any atom is -0.454 e. The first-order chi connectivity index (χ1) is 11.3. The zero-order valence-corrected chi connectivity index (χ0v) is 13.1. The SMILES string of the molecule is O=C(CSc1ccc2ccccc2c1)c1ccc2c(c1)OCO2. The molecular weight excluding hydrogens is 308 g/mol. The number of ketones is 1. The molecule has 3 aromatic rings. The molecule has 0 aromatic heterocycles. The lowest BCUT2D eigenvalue weighted by Gasteiger charge is -2.05. The van der Waals surface area contributed by atoms with Gasteiger partial charge in [0.05, 0.1) is 5.75 Å². The molecule has 0 unspecified atom stereocenters. The van der Waals surface area contributed by atoms with Crippen LogP contribution >= 0.6 is 11.8 Å². The van der Waals surface area contributed by atoms with E-state index < -0.39 is 0 Å². The Labute approximate surface area is 138 Å². The van der Waals surface area contributed by atoms with E-state index in [2.05, 4.69) is 30.3 Å². The van der Waals surface area contributed by atoms with Crippen LogP contribution in [0.2, 0.25) is 0 Å². The molecule has 0 spiro atoms. The van der Waals surface area contributed by atoms with Gasteiger partial charge in [-0.05, 0) is 41.1 Å². The normalized spacial score (nSPS) is 12.5. The van der Waals surface area contributed by atoms with Gasteiger partial charge in [0.2, 0.25) is 6.79 Å². The lowest BCUT2D eigenvalue weighted by Crippen LogP contribution is -2.02. The molecule has 4 heteroatoms. The lowest BCUT2D eigenvalue weighted by molar-refractivity contribution is 0.102. The molecule has 0 N–H and O–H groups in total. The van der Waals surface area contributed by atoms with Crippen LogP contribution in [0.15, 0.2) is 65.6 Å². The van der Waals surface area contributed by atoms with Crippen molar-refractivity contribution in [3.05, 3.63) is 66.2 Å². The molecule has 0 atom stereocenters. The van der Waals surface area contributed by atoms with Gasteiger partial charge in [-0.1, -0.05) is 30.3 Å². The number of benzene rings is 3. The average Bonchev–Trinajstić information content (AvgIpc) is 3.07. The monoisotopic (exact) mass is 322 g/mol. The first kappa shape index (κ1) is 14.2. The van der Waals surface area contributed by atoms with E-state index in [9.17, 15) is 4.79 Å². The van der Waals surface area contributed by atoms with Crippen molar-refractivity contribution in [3.63, 3.8) is 0 Å². The van der Waals surface area contributed by atoms with Gasteiger partial charge in [-0.15, -0.1) is 11.8 Å². The van der Waals surface area contributed by atoms with Gasteiger partial charge in [0.1, 0.15) is 0 Å². The largest absolute Gasteiger partial charge is 0.454 e. The highest BCUT2D eigenvalue weighted by molar-refractivity contribution is 8.00. The molecule has 114 valence electrons. The number of rotatable bonds is 4. The van der Waals surface area contributed by atoms with Crippen LogP contribution in [0.5, 0.6) is 11.5 Å². The lowest BCUT2D eigenvalue weighted by atomic mass is 10.1. The predicted octanol–water partition coefficient (Wildman–Crippen LogP) is 4.54. The molecule has 0 fully saturated rings. The summed E-state index contributed by atoms with van der Waals surface area (Å²) in [4.78, 5) is 13.5. The van der Waals surface area contributed by atoms with Gasteiger partial charge < -0.3 is 9.47 Å². The summed E-state index contributed by atoms with van der Waals surface area (Å²) in [6.07, 6.45) is 0. The van der Waals surface area contributed by atoms with Gasteiger partial charge >= 0.3 is 0 Å². The van der Waals surface area contributed by atoms with E-state index in [1.807, 2.05) is 12.1 Å². The van der Waals surface area contributed by atoms with E-state index in [1.165, 1.54) is 10.8 Å². The summed E-state index contributed by atoms with van der Waals surface area (Å²) in [6, 6.07) is 19.8. The summed E-state index contributed by atoms with van der Waals surface area (Å²) in [5.74, 6) is 1.83. The van der Waals surface area contributed by atoms with Crippen molar-refractivity contribution >= 4 is 28.3 Å². The zero-order valence-electron chi connectivity index (χ0n) is 12.3. The minimum absolute atomic E-state index is 0.0847. The summed E-state index contributed by atoms with van der Waals surface area (Å²) in [5.41, 5.74) is 0.655. The fourth-order valence-corrected chi connectivity index (χ4v) is 3.40. The molecule has 3 aromatic carbocycles. The molecule has 1 aliphatic heterocycles. The topological polar surface area (TPSA) is 35.5 Å². The van der Waals surface area contributed by atoms with Crippen LogP contribution in [0.1, 0.15) is 10.4 Å². The Morgan fingerprint density at radius 1 is 0.913 bits per heavy atom. The van der Waals surface area contributed by atoms with Crippen molar-refractivity contribution in [1.82, 2.24) is 0 Å². The standard InChI is InChI=1S/C19H14O3S/c20-17(15-6-8-18-19(10-15)22-12-21-18)11-23-16-7-5-13-3-1-2-4-14(13)9-16/h1-10H,11-12H2. The first-order valence-electron chi connectivity index (χ1n) is 7.34. The van der Waals surface area contributed by atoms with E-state index in [-0.39, 0.29) is 12.6 Å². The zero-order chi connectivity index (χ0) is 15.6. The highest BCUT2D eigenvalue weighted by Crippen LogP contribution is 2.33. The number of carbonyl (C=O) groups is 1. The van der Waals surface area contributed by atoms with Crippen molar-refractivity contribution < 1.29 is 14.3 Å². The molecule has 0 radical (unpaired) electrons. The highest BCUT2D eigenvalue weighted by atomic mass is 32.2. The molecule has 1 heterocycles. The van der Waals surface area contributed by atoms with E-state index in [0.717, 1.165) is 4.90 Å². The van der Waals surface area contributed by atoms with Gasteiger partial charge in [-0.3, -0.25) is 4.79 Å². The third-order valence-corrected chi connectivity index (χ3v) is 4.78. The highest BCUT2D eigenvalue weighted by Gasteiger charge is 2.16. The fraction of sp³-hybridized carbons (Fsp3) is 0.105. The summed E-state index contributed by atoms with van der Waals surface area (Å²) in [5, 5.41) is 2.40. The number of fused-ring (bicyclic) bond motifs is 2. The minimum atomic E-state index is 0.0847. The van der Waals surface area contributed by atoms with Crippen LogP contribution in [-0.2, 0) is 0 Å². The molecule has 4 rings (SSSR count). The van der Waals surface area contributed by atoms with E-state index in [1.54, 1.807) is 30.0 Å². The van der Waals surface area contributed by atoms with Crippen LogP contribution in [0.3, 0.4) is 0 Å². The van der Waals surface area contributed by atoms with Gasteiger partial charge in [0, 0.05) is 10.5 Å². The molecule has 0 bridgehead atoms. The summed E-state index contributed by atoms with van der Waals surface area (Å²) < 4.78 is 10.6. The Balaban J connectivity index is 1.48. The van der Waals surface area contributed by atoms with Gasteiger partial charge in [0.15, 0.2) is 17.3 Å². The van der Waals surface area contributed by atoms with Gasteiger partial charge in [-0.25, -0.2) is 0 Å². The molecular formula is C19H14O3S. The first-order valence-corrected chi connectivity index (χ1v) is 8.33. The Kier molecular flexibility index (Phi) is 3.67. The molecule has 0 saturated carbocycles. The van der Waals surface area contributed by atoms with Crippen molar-refractivity contribution in [2.24, 2.45) is 0 Å². The van der Waals surface area contributed by atoms with Gasteiger partial charge in [0.25, 0.3) is 0 Å². The van der Waals surface area contributed by atoms with Crippen LogP contribution < -0.4 is 9.47 Å². The Bertz CT molecular complexity index is 889. The maximum Gasteiger partial charge on any atom is 0.231 e. The number of thioether (sulfide) groups is 1. The van der Waals surface area contributed by atoms with Crippen LogP contribution in [0.4, 0.5) is 0 Å². The predicted molar refractivity (Wildman–Crippen MR) is 91.6 cm³/mol. The smallest absolute Gasteiger partial charge is 0.231 e. The summed E-state index contributed by atoms with van der Waals surface area (Å²) in [7, 11) is 0. The molecule has 0 aliphatic carbocycles. The van der Waals surface area contributed by atoms with Crippen molar-refractivity contribution in [2.75, 3.05) is 12.5 Å². The second kappa shape index (κ2) is 5.97. The Hall–Kier alpha value is -2.46. The van der Waals surface area contributed by atoms with Crippen molar-refractivity contribution in [3.8, 4) is 11.5 Å². The number of hydrogen-bond acceptors (Lipinski definition) is 4. The number of carbonyl (C=O) groups excluding carboxylic acids is 1. The van der Waals surface area contributed by atoms with Gasteiger partial charge in [-0.2, -0.15) is 0 Å². The third-order valence-electron chi connectivity index (χ3n) is 3.79. The maximum atomic E-state index is 12.4. The molecule has 23 heavy (non-hydrogen) atoms. The Morgan fingerprint density at radius 3 is 2.65 bits per heavy atom. The van der Waals surface area contributed by atoms with Crippen LogP contribution in [0, 0.1) is 0 Å². The quantitative estimate of drug-likeness (QED) is 0.522. The maximum absolute atomic E-state index is 12.4. The Morgan fingerprint density at radius 2 is 1.74 bits per heavy atom. The van der Waals surface area contributed by atoms with Crippen molar-refractivity contribution in [1.29, 1.82) is 0 Å². The molecule has 0 saturated heterocycles. The van der Waals surface area contributed by atoms with E-state index in [4.69, 9.17) is 9.47 Å². The average molecular weight is 322 g/mol. The van der Waals surface area contributed by atoms with E-state index >= 15 is 0 Å². The van der Waals surface area contributed by atoms with Crippen molar-refractivity contribution in [2.45, 2.75) is 4.90 Å². The van der Waals surface area contributed by atoms with E-state index in [0.29, 0.717) is 22.8 Å². The van der Waals surface area contributed by atoms with Crippen LogP contribution in [-0.4, -0.2) is 18.3 Å². The number of ether oxygens (including phenoxy) is 2. The number of Topliss-reactive ketones (excluding diaryl/α,β-unsaturated/α-hetero) is 1. The van der Waals surface area contributed by atoms with Crippen LogP contribution in [0.25, 0.3) is 10.8 Å². The summed E-state index contributed by atoms with van der Waals surface area (Å²) >= 11 is 1.55. The second-order valence-corrected chi connectivity index (χ2v) is 6.34. The molecule has 0 amide bonds. The fourth-order valence-electron chi connectivity index (χ4n) is 2.56. The molecule has 1 aliphatic rings. The second-order valence-electron chi connectivity index (χ2n) is 5.29. The molecule has 3 nitrogen and oxygen atoms in total. The summed E-state index contributed by atoms with van der Waals surface area (Å²) in [6.45, 7) is 0.221.